The van der Waals surface area contributed by atoms with Gasteiger partial charge in [0.25, 0.3) is 11.8 Å². The van der Waals surface area contributed by atoms with Crippen LogP contribution in [-0.4, -0.2) is 126 Å². The predicted octanol–water partition coefficient (Wildman–Crippen LogP) is 8.37. The van der Waals surface area contributed by atoms with Crippen molar-refractivity contribution in [2.24, 2.45) is 20.6 Å². The van der Waals surface area contributed by atoms with Gasteiger partial charge in [-0.05, 0) is 101 Å². The smallest absolute Gasteiger partial charge is 0.281 e. The number of rotatable bonds is 14. The fourth-order valence-corrected chi connectivity index (χ4v) is 12.5. The lowest BCUT2D eigenvalue weighted by Gasteiger charge is -2.41. The molecule has 6 heterocycles. The maximum atomic E-state index is 14.2. The van der Waals surface area contributed by atoms with Crippen LogP contribution in [0.5, 0.6) is 0 Å². The van der Waals surface area contributed by atoms with Crippen LogP contribution in [0.1, 0.15) is 130 Å². The zero-order chi connectivity index (χ0) is 52.7. The number of β-amino-alcohol motifs (C(OH)–C–C–N with tert-alkyl or cyclic N) is 1. The van der Waals surface area contributed by atoms with Gasteiger partial charge in [0.2, 0.25) is 11.8 Å². The number of halogens is 1. The van der Waals surface area contributed by atoms with Gasteiger partial charge in [0, 0.05) is 53.1 Å². The number of aliphatic imine (C=N–C) groups is 1. The summed E-state index contributed by atoms with van der Waals surface area (Å²) in [6.07, 6.45) is 2.19. The van der Waals surface area contributed by atoms with Gasteiger partial charge in [-0.1, -0.05) is 68.8 Å². The SMILES string of the molecule is Cc1ncsc1-c1ccc([C@H](C)NC(=O)[C@@H]2C[C@@H](O)CN2C(=O)[C@@H](N=NC(=O)[C@@H](C)N2CCC(O[C@H]3C[C@H](NC(=O)C[C@@H]4N=C(c5ccc(Cl)cc5)c5c(sc(C)c5C)-n5c(C)nnc54)C3)CC2)C(C)(C)C)cc1. The number of aliphatic hydroxyl groups is 1. The van der Waals surface area contributed by atoms with Crippen molar-refractivity contribution in [3.8, 4) is 15.4 Å². The molecule has 3 fully saturated rings. The number of thiazole rings is 1. The summed E-state index contributed by atoms with van der Waals surface area (Å²) in [7, 11) is 0. The van der Waals surface area contributed by atoms with Crippen molar-refractivity contribution < 1.29 is 29.0 Å². The molecule has 0 radical (unpaired) electrons. The molecule has 4 aliphatic rings. The van der Waals surface area contributed by atoms with Crippen molar-refractivity contribution in [3.05, 3.63) is 104 Å². The maximum Gasteiger partial charge on any atom is 0.281 e. The number of nitrogens with zero attached hydrogens (tertiary/aromatic N) is 9. The summed E-state index contributed by atoms with van der Waals surface area (Å²) in [5, 5.41) is 36.1. The highest BCUT2D eigenvalue weighted by Gasteiger charge is 2.45. The molecule has 3 N–H and O–H groups in total. The summed E-state index contributed by atoms with van der Waals surface area (Å²) in [5.41, 5.74) is 7.85. The predicted molar refractivity (Wildman–Crippen MR) is 286 cm³/mol. The molecule has 392 valence electrons. The number of likely N-dealkylation sites (tertiary alicyclic amines) is 2. The molecule has 74 heavy (non-hydrogen) atoms. The van der Waals surface area contributed by atoms with Gasteiger partial charge < -0.3 is 25.4 Å². The summed E-state index contributed by atoms with van der Waals surface area (Å²) < 4.78 is 8.55. The Morgan fingerprint density at radius 3 is 2.28 bits per heavy atom. The molecule has 17 nitrogen and oxygen atoms in total. The number of azo groups is 1. The number of fused-ring (bicyclic) bond motifs is 3. The van der Waals surface area contributed by atoms with Gasteiger partial charge in [0.15, 0.2) is 11.9 Å². The zero-order valence-electron chi connectivity index (χ0n) is 43.5. The Balaban J connectivity index is 0.746. The molecule has 3 aliphatic heterocycles. The van der Waals surface area contributed by atoms with E-state index >= 15 is 0 Å². The van der Waals surface area contributed by atoms with Crippen molar-refractivity contribution in [1.29, 1.82) is 0 Å². The van der Waals surface area contributed by atoms with E-state index in [1.807, 2.05) is 100 Å². The molecule has 1 saturated carbocycles. The number of aryl methyl sites for hydroxylation is 3. The van der Waals surface area contributed by atoms with Crippen molar-refractivity contribution >= 4 is 63.6 Å². The first kappa shape index (κ1) is 53.3. The third-order valence-electron chi connectivity index (χ3n) is 14.9. The van der Waals surface area contributed by atoms with E-state index in [4.69, 9.17) is 21.3 Å². The number of aromatic nitrogens is 4. The van der Waals surface area contributed by atoms with Crippen molar-refractivity contribution in [1.82, 2.24) is 40.2 Å². The van der Waals surface area contributed by atoms with Crippen LogP contribution in [-0.2, 0) is 23.9 Å². The minimum atomic E-state index is -1.07. The van der Waals surface area contributed by atoms with Crippen molar-refractivity contribution in [3.63, 3.8) is 0 Å². The van der Waals surface area contributed by atoms with Crippen molar-refractivity contribution in [2.75, 3.05) is 19.6 Å². The Morgan fingerprint density at radius 1 is 0.932 bits per heavy atom. The Hall–Kier alpha value is -5.57. The first-order chi connectivity index (χ1) is 35.2. The number of amides is 4. The fourth-order valence-electron chi connectivity index (χ4n) is 10.4. The van der Waals surface area contributed by atoms with Crippen molar-refractivity contribution in [2.45, 2.75) is 155 Å². The molecular formula is C54H66ClN11O6S2. The minimum Gasteiger partial charge on any atom is -0.391 e. The molecule has 2 aromatic carbocycles. The van der Waals surface area contributed by atoms with Crippen LogP contribution in [0.3, 0.4) is 0 Å². The monoisotopic (exact) mass is 1060 g/mol. The fraction of sp³-hybridized carbons (Fsp3) is 0.519. The number of nitrogens with one attached hydrogen (secondary N) is 2. The van der Waals surface area contributed by atoms with Crippen LogP contribution in [0.25, 0.3) is 15.4 Å². The molecule has 0 bridgehead atoms. The second kappa shape index (κ2) is 22.0. The molecule has 0 unspecified atom stereocenters. The molecular weight excluding hydrogens is 998 g/mol. The Labute approximate surface area is 445 Å². The van der Waals surface area contributed by atoms with E-state index in [-0.39, 0.29) is 55.5 Å². The Bertz CT molecular complexity index is 2950. The average Bonchev–Trinajstić information content (AvgIpc) is 4.12. The lowest BCUT2D eigenvalue weighted by atomic mass is 9.86. The van der Waals surface area contributed by atoms with Gasteiger partial charge in [-0.3, -0.25) is 33.6 Å². The van der Waals surface area contributed by atoms with E-state index in [2.05, 4.69) is 54.8 Å². The lowest BCUT2D eigenvalue weighted by molar-refractivity contribution is -0.141. The van der Waals surface area contributed by atoms with E-state index < -0.39 is 47.5 Å². The normalized spacial score (nSPS) is 22.6. The molecule has 2 saturated heterocycles. The van der Waals surface area contributed by atoms with Gasteiger partial charge >= 0.3 is 0 Å². The van der Waals surface area contributed by atoms with E-state index in [1.54, 1.807) is 29.6 Å². The molecule has 5 aromatic rings. The molecule has 1 aliphatic carbocycles. The minimum absolute atomic E-state index is 0.0115. The number of hydrogen-bond donors (Lipinski definition) is 3. The van der Waals surface area contributed by atoms with Gasteiger partial charge in [-0.2, -0.15) is 5.11 Å². The number of hydrogen-bond acceptors (Lipinski definition) is 14. The summed E-state index contributed by atoms with van der Waals surface area (Å²) in [6.45, 7) is 18.5. The number of aliphatic hydroxyl groups excluding tert-OH is 1. The number of thiophene rings is 1. The summed E-state index contributed by atoms with van der Waals surface area (Å²) >= 11 is 9.53. The second-order valence-corrected chi connectivity index (χ2v) is 23.8. The molecule has 0 spiro atoms. The van der Waals surface area contributed by atoms with E-state index in [1.165, 1.54) is 9.78 Å². The quantitative estimate of drug-likeness (QED) is 0.0905. The first-order valence-corrected chi connectivity index (χ1v) is 27.6. The summed E-state index contributed by atoms with van der Waals surface area (Å²) in [6, 6.07) is 12.1. The van der Waals surface area contributed by atoms with Crippen LogP contribution < -0.4 is 10.6 Å². The van der Waals surface area contributed by atoms with Gasteiger partial charge in [0.1, 0.15) is 22.9 Å². The number of benzene rings is 2. The highest BCUT2D eigenvalue weighted by molar-refractivity contribution is 7.15. The third kappa shape index (κ3) is 11.3. The number of carbonyl (C=O) groups is 4. The summed E-state index contributed by atoms with van der Waals surface area (Å²) in [5.74, 6) is -0.0402. The molecule has 6 atom stereocenters. The molecule has 20 heteroatoms. The van der Waals surface area contributed by atoms with Crippen LogP contribution in [0, 0.1) is 33.1 Å². The lowest BCUT2D eigenvalue weighted by Crippen LogP contribution is -2.51. The highest BCUT2D eigenvalue weighted by Crippen LogP contribution is 2.40. The second-order valence-electron chi connectivity index (χ2n) is 21.4. The zero-order valence-corrected chi connectivity index (χ0v) is 45.9. The van der Waals surface area contributed by atoms with Gasteiger partial charge in [-0.25, -0.2) is 4.98 Å². The maximum absolute atomic E-state index is 14.2. The number of ether oxygens (including phenoxy) is 1. The van der Waals surface area contributed by atoms with Crippen LogP contribution >= 0.6 is 34.3 Å². The third-order valence-corrected chi connectivity index (χ3v) is 17.4. The Kier molecular flexibility index (Phi) is 15.8. The number of carbonyl (C=O) groups excluding carboxylic acids is 4. The standard InChI is InChI=1S/C54H66ClN11O6S2/c1-28-32(5)74-53-45(28)46(35-14-16-37(55)17-15-35)59-42(49-62-60-33(6)66(49)53)25-44(68)58-38-22-41(23-38)72-40-18-20-64(21-19-40)31(4)50(69)63-61-48(54(7,8)9)52(71)65-26-39(67)24-43(65)51(70)57-29(2)34-10-12-36(13-11-34)47-30(3)56-27-73-47/h10-17,27,29,31,38-43,48,67H,18-26H2,1-9H3,(H,57,70)(H,58,68)/t29-,31+,38-,39+,41-,42-,43-,48+/m0/s1. The molecule has 4 amide bonds. The van der Waals surface area contributed by atoms with Crippen LogP contribution in [0.15, 0.2) is 69.3 Å². The van der Waals surface area contributed by atoms with Crippen LogP contribution in [0.2, 0.25) is 5.02 Å². The van der Waals surface area contributed by atoms with Crippen LogP contribution in [0.4, 0.5) is 0 Å². The van der Waals surface area contributed by atoms with Gasteiger partial charge in [-0.15, -0.1) is 38.0 Å². The average molecular weight is 1060 g/mol. The Morgan fingerprint density at radius 2 is 1.62 bits per heavy atom. The van der Waals surface area contributed by atoms with Gasteiger partial charge in [0.05, 0.1) is 58.6 Å². The molecule has 9 rings (SSSR count). The highest BCUT2D eigenvalue weighted by atomic mass is 35.5. The number of piperidine rings is 1. The van der Waals surface area contributed by atoms with E-state index in [0.29, 0.717) is 36.8 Å². The topological polar surface area (TPSA) is 209 Å². The first-order valence-electron chi connectivity index (χ1n) is 25.5. The van der Waals surface area contributed by atoms with E-state index in [0.717, 1.165) is 67.8 Å². The summed E-state index contributed by atoms with van der Waals surface area (Å²) in [4.78, 5) is 70.6. The van der Waals surface area contributed by atoms with E-state index in [9.17, 15) is 24.3 Å². The molecule has 3 aromatic heterocycles. The largest absolute Gasteiger partial charge is 0.391 e.